The van der Waals surface area contributed by atoms with Crippen molar-refractivity contribution in [3.63, 3.8) is 0 Å². The second kappa shape index (κ2) is 8.05. The van der Waals surface area contributed by atoms with Gasteiger partial charge >= 0.3 is 0 Å². The van der Waals surface area contributed by atoms with Crippen LogP contribution in [0.15, 0.2) is 60.8 Å². The van der Waals surface area contributed by atoms with Crippen molar-refractivity contribution in [2.24, 2.45) is 0 Å². The molecule has 0 saturated carbocycles. The molecule has 1 saturated heterocycles. The number of nitriles is 1. The van der Waals surface area contributed by atoms with Crippen LogP contribution in [-0.4, -0.2) is 35.4 Å². The van der Waals surface area contributed by atoms with Gasteiger partial charge in [0.25, 0.3) is 5.91 Å². The van der Waals surface area contributed by atoms with Gasteiger partial charge in [0.05, 0.1) is 30.0 Å². The summed E-state index contributed by atoms with van der Waals surface area (Å²) in [7, 11) is 0. The van der Waals surface area contributed by atoms with Crippen LogP contribution < -0.4 is 10.6 Å². The fourth-order valence-corrected chi connectivity index (χ4v) is 3.03. The van der Waals surface area contributed by atoms with Crippen molar-refractivity contribution < 1.29 is 9.53 Å². The third kappa shape index (κ3) is 3.93. The van der Waals surface area contributed by atoms with Crippen LogP contribution in [0.2, 0.25) is 0 Å². The van der Waals surface area contributed by atoms with E-state index in [1.54, 1.807) is 41.2 Å². The molecule has 140 valence electrons. The zero-order chi connectivity index (χ0) is 19.3. The Hall–Kier alpha value is -3.47. The summed E-state index contributed by atoms with van der Waals surface area (Å²) in [6.45, 7) is 2.36. The highest BCUT2D eigenvalue weighted by molar-refractivity contribution is 6.02. The van der Waals surface area contributed by atoms with Crippen LogP contribution in [0, 0.1) is 11.3 Å². The maximum Gasteiger partial charge on any atom is 0.276 e. The van der Waals surface area contributed by atoms with Crippen molar-refractivity contribution in [2.75, 3.05) is 25.0 Å². The van der Waals surface area contributed by atoms with E-state index in [0.29, 0.717) is 23.6 Å². The molecule has 1 aliphatic rings. The Bertz CT molecular complexity index is 997. The van der Waals surface area contributed by atoms with Gasteiger partial charge in [-0.05, 0) is 48.0 Å². The Morgan fingerprint density at radius 2 is 1.96 bits per heavy atom. The molecule has 0 spiro atoms. The van der Waals surface area contributed by atoms with Crippen molar-refractivity contribution in [1.82, 2.24) is 15.1 Å². The second-order valence-corrected chi connectivity index (χ2v) is 6.44. The van der Waals surface area contributed by atoms with E-state index >= 15 is 0 Å². The number of hydrogen-bond donors (Lipinski definition) is 2. The Balaban J connectivity index is 1.42. The molecule has 2 aromatic carbocycles. The molecular formula is C21H19N5O2. The number of morpholine rings is 1. The van der Waals surface area contributed by atoms with Gasteiger partial charge in [-0.15, -0.1) is 0 Å². The van der Waals surface area contributed by atoms with Crippen molar-refractivity contribution in [1.29, 1.82) is 5.26 Å². The van der Waals surface area contributed by atoms with Gasteiger partial charge in [-0.3, -0.25) is 4.79 Å². The Morgan fingerprint density at radius 3 is 2.64 bits per heavy atom. The summed E-state index contributed by atoms with van der Waals surface area (Å²) in [5, 5.41) is 19.3. The molecule has 1 fully saturated rings. The fourth-order valence-electron chi connectivity index (χ4n) is 3.03. The van der Waals surface area contributed by atoms with Gasteiger partial charge in [0, 0.05) is 25.0 Å². The normalized spacial score (nSPS) is 16.3. The molecule has 7 heteroatoms. The molecule has 0 aliphatic carbocycles. The van der Waals surface area contributed by atoms with E-state index in [-0.39, 0.29) is 12.0 Å². The average Bonchev–Trinajstić information content (AvgIpc) is 3.25. The number of hydrogen-bond acceptors (Lipinski definition) is 5. The quantitative estimate of drug-likeness (QED) is 0.734. The third-order valence-electron chi connectivity index (χ3n) is 4.55. The Morgan fingerprint density at radius 1 is 1.18 bits per heavy atom. The molecule has 1 aromatic heterocycles. The highest BCUT2D eigenvalue weighted by Crippen LogP contribution is 2.21. The molecule has 2 N–H and O–H groups in total. The van der Waals surface area contributed by atoms with Crippen molar-refractivity contribution in [2.45, 2.75) is 6.10 Å². The molecule has 1 aliphatic heterocycles. The third-order valence-corrected chi connectivity index (χ3v) is 4.55. The minimum absolute atomic E-state index is 0.0432. The molecule has 0 bridgehead atoms. The minimum atomic E-state index is -0.282. The zero-order valence-corrected chi connectivity index (χ0v) is 15.1. The van der Waals surface area contributed by atoms with E-state index in [9.17, 15) is 4.79 Å². The van der Waals surface area contributed by atoms with E-state index in [4.69, 9.17) is 10.00 Å². The van der Waals surface area contributed by atoms with E-state index in [2.05, 4.69) is 21.8 Å². The van der Waals surface area contributed by atoms with Crippen LogP contribution in [-0.2, 0) is 4.74 Å². The van der Waals surface area contributed by atoms with Gasteiger partial charge in [-0.2, -0.15) is 10.4 Å². The standard InChI is InChI=1S/C21H19N5O2/c22-13-15-1-7-18(8-2-15)26-11-9-19(25-26)21(27)24-17-5-3-16(4-6-17)20-14-23-10-12-28-20/h1-9,11,20,23H,10,12,14H2,(H,24,27). The van der Waals surface area contributed by atoms with Crippen LogP contribution in [0.25, 0.3) is 5.69 Å². The van der Waals surface area contributed by atoms with E-state index < -0.39 is 0 Å². The zero-order valence-electron chi connectivity index (χ0n) is 15.1. The summed E-state index contributed by atoms with van der Waals surface area (Å²) in [4.78, 5) is 12.5. The van der Waals surface area contributed by atoms with Crippen molar-refractivity contribution in [3.05, 3.63) is 77.6 Å². The molecule has 1 unspecified atom stereocenters. The molecular weight excluding hydrogens is 354 g/mol. The molecule has 7 nitrogen and oxygen atoms in total. The average molecular weight is 373 g/mol. The molecule has 28 heavy (non-hydrogen) atoms. The number of carbonyl (C=O) groups is 1. The van der Waals surface area contributed by atoms with Crippen molar-refractivity contribution in [3.8, 4) is 11.8 Å². The minimum Gasteiger partial charge on any atom is -0.371 e. The lowest BCUT2D eigenvalue weighted by molar-refractivity contribution is 0.0277. The van der Waals surface area contributed by atoms with E-state index in [1.165, 1.54) is 0 Å². The lowest BCUT2D eigenvalue weighted by Gasteiger charge is -2.24. The Labute approximate surface area is 162 Å². The monoisotopic (exact) mass is 373 g/mol. The number of aromatic nitrogens is 2. The SMILES string of the molecule is N#Cc1ccc(-n2ccc(C(=O)Nc3ccc(C4CNCCO4)cc3)n2)cc1. The molecule has 2 heterocycles. The molecule has 0 radical (unpaired) electrons. The summed E-state index contributed by atoms with van der Waals surface area (Å²) in [6, 6.07) is 18.4. The number of carbonyl (C=O) groups excluding carboxylic acids is 1. The first-order valence-corrected chi connectivity index (χ1v) is 9.03. The van der Waals surface area contributed by atoms with Crippen LogP contribution in [0.1, 0.15) is 27.7 Å². The van der Waals surface area contributed by atoms with Gasteiger partial charge in [0.1, 0.15) is 0 Å². The predicted octanol–water partition coefficient (Wildman–Crippen LogP) is 2.66. The van der Waals surface area contributed by atoms with Crippen LogP contribution >= 0.6 is 0 Å². The number of anilines is 1. The summed E-state index contributed by atoms with van der Waals surface area (Å²) < 4.78 is 7.34. The lowest BCUT2D eigenvalue weighted by Crippen LogP contribution is -2.33. The van der Waals surface area contributed by atoms with E-state index in [0.717, 1.165) is 24.3 Å². The van der Waals surface area contributed by atoms with Gasteiger partial charge in [-0.25, -0.2) is 4.68 Å². The van der Waals surface area contributed by atoms with Crippen molar-refractivity contribution >= 4 is 11.6 Å². The van der Waals surface area contributed by atoms with Crippen LogP contribution in [0.5, 0.6) is 0 Å². The first kappa shape index (κ1) is 17.9. The van der Waals surface area contributed by atoms with Crippen LogP contribution in [0.4, 0.5) is 5.69 Å². The highest BCUT2D eigenvalue weighted by Gasteiger charge is 2.16. The molecule has 4 rings (SSSR count). The van der Waals surface area contributed by atoms with Gasteiger partial charge in [0.2, 0.25) is 0 Å². The maximum absolute atomic E-state index is 12.5. The summed E-state index contributed by atoms with van der Waals surface area (Å²) >= 11 is 0. The topological polar surface area (TPSA) is 92.0 Å². The largest absolute Gasteiger partial charge is 0.371 e. The number of ether oxygens (including phenoxy) is 1. The first-order valence-electron chi connectivity index (χ1n) is 9.03. The summed E-state index contributed by atoms with van der Waals surface area (Å²) in [6.07, 6.45) is 1.76. The highest BCUT2D eigenvalue weighted by atomic mass is 16.5. The van der Waals surface area contributed by atoms with Gasteiger partial charge in [-0.1, -0.05) is 12.1 Å². The van der Waals surface area contributed by atoms with Gasteiger partial charge < -0.3 is 15.4 Å². The van der Waals surface area contributed by atoms with E-state index in [1.807, 2.05) is 24.3 Å². The predicted molar refractivity (Wildman–Crippen MR) is 104 cm³/mol. The van der Waals surface area contributed by atoms with Crippen LogP contribution in [0.3, 0.4) is 0 Å². The molecule has 3 aromatic rings. The molecule has 1 amide bonds. The maximum atomic E-state index is 12.5. The number of rotatable bonds is 4. The summed E-state index contributed by atoms with van der Waals surface area (Å²) in [5.41, 5.74) is 3.45. The number of benzene rings is 2. The van der Waals surface area contributed by atoms with Gasteiger partial charge in [0.15, 0.2) is 5.69 Å². The summed E-state index contributed by atoms with van der Waals surface area (Å²) in [5.74, 6) is -0.282. The first-order chi connectivity index (χ1) is 13.7. The number of nitrogens with zero attached hydrogens (tertiary/aromatic N) is 3. The number of nitrogens with one attached hydrogen (secondary N) is 2. The molecule has 1 atom stereocenters. The second-order valence-electron chi connectivity index (χ2n) is 6.44. The fraction of sp³-hybridized carbons (Fsp3) is 0.190. The lowest BCUT2D eigenvalue weighted by atomic mass is 10.1. The Kier molecular flexibility index (Phi) is 5.15. The smallest absolute Gasteiger partial charge is 0.276 e. The number of amides is 1.